The SMILES string of the molecule is CC(C)(C)OC(=O)N[C@H]1Cc2cc(Br)ccc2N(Cc2ccccc2)C1=O. The van der Waals surface area contributed by atoms with Gasteiger partial charge in [-0.15, -0.1) is 0 Å². The highest BCUT2D eigenvalue weighted by Gasteiger charge is 2.34. The van der Waals surface area contributed by atoms with Gasteiger partial charge in [0.25, 0.3) is 0 Å². The maximum atomic E-state index is 13.1. The minimum Gasteiger partial charge on any atom is -0.444 e. The summed E-state index contributed by atoms with van der Waals surface area (Å²) in [6, 6.07) is 15.0. The second-order valence-corrected chi connectivity index (χ2v) is 8.50. The van der Waals surface area contributed by atoms with Crippen LogP contribution >= 0.6 is 15.9 Å². The molecule has 0 fully saturated rings. The van der Waals surface area contributed by atoms with Crippen molar-refractivity contribution in [1.29, 1.82) is 0 Å². The van der Waals surface area contributed by atoms with Crippen LogP contribution in [0.25, 0.3) is 0 Å². The van der Waals surface area contributed by atoms with Gasteiger partial charge in [0.05, 0.1) is 6.54 Å². The van der Waals surface area contributed by atoms with Crippen LogP contribution in [0.3, 0.4) is 0 Å². The Morgan fingerprint density at radius 1 is 1.22 bits per heavy atom. The normalized spacial score (nSPS) is 16.7. The van der Waals surface area contributed by atoms with Crippen molar-refractivity contribution >= 4 is 33.6 Å². The summed E-state index contributed by atoms with van der Waals surface area (Å²) in [6.45, 7) is 5.83. The van der Waals surface area contributed by atoms with Crippen LogP contribution in [0, 0.1) is 0 Å². The Labute approximate surface area is 167 Å². The average molecular weight is 431 g/mol. The van der Waals surface area contributed by atoms with E-state index in [4.69, 9.17) is 4.74 Å². The molecule has 2 aromatic carbocycles. The largest absolute Gasteiger partial charge is 0.444 e. The highest BCUT2D eigenvalue weighted by Crippen LogP contribution is 2.32. The number of anilines is 1. The number of fused-ring (bicyclic) bond motifs is 1. The molecule has 1 aliphatic rings. The van der Waals surface area contributed by atoms with Gasteiger partial charge in [0, 0.05) is 16.6 Å². The first-order valence-corrected chi connectivity index (χ1v) is 9.65. The molecule has 0 aromatic heterocycles. The lowest BCUT2D eigenvalue weighted by atomic mass is 9.96. The number of benzene rings is 2. The lowest BCUT2D eigenvalue weighted by Crippen LogP contribution is -2.53. The number of amides is 2. The molecule has 27 heavy (non-hydrogen) atoms. The van der Waals surface area contributed by atoms with Gasteiger partial charge in [0.1, 0.15) is 11.6 Å². The van der Waals surface area contributed by atoms with Crippen LogP contribution in [0.1, 0.15) is 31.9 Å². The summed E-state index contributed by atoms with van der Waals surface area (Å²) >= 11 is 3.49. The fourth-order valence-corrected chi connectivity index (χ4v) is 3.50. The van der Waals surface area contributed by atoms with Crippen LogP contribution in [0.15, 0.2) is 53.0 Å². The Kier molecular flexibility index (Phi) is 5.56. The Balaban J connectivity index is 1.87. The molecule has 1 N–H and O–H groups in total. The summed E-state index contributed by atoms with van der Waals surface area (Å²) in [4.78, 5) is 27.1. The summed E-state index contributed by atoms with van der Waals surface area (Å²) in [5.74, 6) is -0.139. The molecule has 0 spiro atoms. The predicted octanol–water partition coefficient (Wildman–Crippen LogP) is 4.43. The van der Waals surface area contributed by atoms with E-state index in [2.05, 4.69) is 21.2 Å². The van der Waals surface area contributed by atoms with E-state index in [0.717, 1.165) is 21.3 Å². The van der Waals surface area contributed by atoms with Gasteiger partial charge < -0.3 is 15.0 Å². The lowest BCUT2D eigenvalue weighted by molar-refractivity contribution is -0.121. The molecule has 0 radical (unpaired) electrons. The number of alkyl carbamates (subject to hydrolysis) is 1. The zero-order valence-electron chi connectivity index (χ0n) is 15.7. The maximum Gasteiger partial charge on any atom is 0.408 e. The first kappa shape index (κ1) is 19.4. The van der Waals surface area contributed by atoms with Crippen molar-refractivity contribution in [2.24, 2.45) is 0 Å². The van der Waals surface area contributed by atoms with Gasteiger partial charge in [0.2, 0.25) is 5.91 Å². The number of carbonyl (C=O) groups excluding carboxylic acids is 2. The highest BCUT2D eigenvalue weighted by atomic mass is 79.9. The zero-order valence-corrected chi connectivity index (χ0v) is 17.2. The summed E-state index contributed by atoms with van der Waals surface area (Å²) in [5.41, 5.74) is 2.28. The van der Waals surface area contributed by atoms with Crippen LogP contribution in [0.2, 0.25) is 0 Å². The van der Waals surface area contributed by atoms with Gasteiger partial charge in [-0.05, 0) is 50.1 Å². The number of carbonyl (C=O) groups is 2. The van der Waals surface area contributed by atoms with Crippen molar-refractivity contribution < 1.29 is 14.3 Å². The number of ether oxygens (including phenoxy) is 1. The summed E-state index contributed by atoms with van der Waals surface area (Å²) in [7, 11) is 0. The minimum atomic E-state index is -0.662. The number of nitrogens with zero attached hydrogens (tertiary/aromatic N) is 1. The fourth-order valence-electron chi connectivity index (χ4n) is 3.09. The third-order valence-electron chi connectivity index (χ3n) is 4.19. The first-order valence-electron chi connectivity index (χ1n) is 8.86. The number of rotatable bonds is 3. The summed E-state index contributed by atoms with van der Waals surface area (Å²) in [5, 5.41) is 2.73. The Morgan fingerprint density at radius 2 is 1.93 bits per heavy atom. The molecule has 2 aromatic rings. The van der Waals surface area contributed by atoms with E-state index in [1.165, 1.54) is 0 Å². The number of halogens is 1. The van der Waals surface area contributed by atoms with E-state index in [1.54, 1.807) is 25.7 Å². The Hall–Kier alpha value is -2.34. The topological polar surface area (TPSA) is 58.6 Å². The molecule has 0 saturated carbocycles. The van der Waals surface area contributed by atoms with Gasteiger partial charge in [-0.2, -0.15) is 0 Å². The minimum absolute atomic E-state index is 0.139. The van der Waals surface area contributed by atoms with Gasteiger partial charge in [-0.1, -0.05) is 46.3 Å². The van der Waals surface area contributed by atoms with Crippen molar-refractivity contribution in [2.45, 2.75) is 45.4 Å². The second-order valence-electron chi connectivity index (χ2n) is 7.59. The highest BCUT2D eigenvalue weighted by molar-refractivity contribution is 9.10. The number of nitrogens with one attached hydrogen (secondary N) is 1. The van der Waals surface area contributed by atoms with Gasteiger partial charge in [-0.3, -0.25) is 4.79 Å². The van der Waals surface area contributed by atoms with Crippen LogP contribution in [-0.4, -0.2) is 23.6 Å². The number of hydrogen-bond acceptors (Lipinski definition) is 3. The van der Waals surface area contributed by atoms with Crippen molar-refractivity contribution in [3.8, 4) is 0 Å². The van der Waals surface area contributed by atoms with Crippen molar-refractivity contribution in [1.82, 2.24) is 5.32 Å². The predicted molar refractivity (Wildman–Crippen MR) is 109 cm³/mol. The molecule has 0 saturated heterocycles. The molecule has 1 heterocycles. The van der Waals surface area contributed by atoms with E-state index in [-0.39, 0.29) is 5.91 Å². The molecule has 0 unspecified atom stereocenters. The third-order valence-corrected chi connectivity index (χ3v) is 4.69. The fraction of sp³-hybridized carbons (Fsp3) is 0.333. The second kappa shape index (κ2) is 7.72. The van der Waals surface area contributed by atoms with E-state index in [0.29, 0.717) is 13.0 Å². The molecule has 2 amide bonds. The Bertz CT molecular complexity index is 846. The molecule has 1 aliphatic heterocycles. The number of hydrogen-bond donors (Lipinski definition) is 1. The van der Waals surface area contributed by atoms with Gasteiger partial charge in [0.15, 0.2) is 0 Å². The molecular weight excluding hydrogens is 408 g/mol. The lowest BCUT2D eigenvalue weighted by Gasteiger charge is -2.35. The average Bonchev–Trinajstić information content (AvgIpc) is 2.57. The zero-order chi connectivity index (χ0) is 19.6. The van der Waals surface area contributed by atoms with Crippen LogP contribution in [-0.2, 0) is 22.5 Å². The van der Waals surface area contributed by atoms with Gasteiger partial charge >= 0.3 is 6.09 Å². The van der Waals surface area contributed by atoms with E-state index >= 15 is 0 Å². The van der Waals surface area contributed by atoms with Gasteiger partial charge in [-0.25, -0.2) is 4.79 Å². The van der Waals surface area contributed by atoms with Crippen LogP contribution in [0.5, 0.6) is 0 Å². The van der Waals surface area contributed by atoms with E-state index < -0.39 is 17.7 Å². The van der Waals surface area contributed by atoms with Crippen molar-refractivity contribution in [2.75, 3.05) is 4.90 Å². The third kappa shape index (κ3) is 4.89. The molecule has 142 valence electrons. The van der Waals surface area contributed by atoms with Crippen molar-refractivity contribution in [3.63, 3.8) is 0 Å². The smallest absolute Gasteiger partial charge is 0.408 e. The van der Waals surface area contributed by atoms with Crippen molar-refractivity contribution in [3.05, 3.63) is 64.1 Å². The maximum absolute atomic E-state index is 13.1. The first-order chi connectivity index (χ1) is 12.7. The van der Waals surface area contributed by atoms with Crippen LogP contribution < -0.4 is 10.2 Å². The van der Waals surface area contributed by atoms with E-state index in [9.17, 15) is 9.59 Å². The molecule has 0 aliphatic carbocycles. The summed E-state index contributed by atoms with van der Waals surface area (Å²) in [6.07, 6.45) is -0.156. The molecule has 1 atom stereocenters. The molecule has 5 nitrogen and oxygen atoms in total. The molecule has 6 heteroatoms. The van der Waals surface area contributed by atoms with Crippen LogP contribution in [0.4, 0.5) is 10.5 Å². The quantitative estimate of drug-likeness (QED) is 0.782. The Morgan fingerprint density at radius 3 is 2.59 bits per heavy atom. The molecular formula is C21H23BrN2O3. The summed E-state index contributed by atoms with van der Waals surface area (Å²) < 4.78 is 6.26. The molecule has 3 rings (SSSR count). The standard InChI is InChI=1S/C21H23BrN2O3/c1-21(2,3)27-20(26)23-17-12-15-11-16(22)9-10-18(15)24(19(17)25)13-14-7-5-4-6-8-14/h4-11,17H,12-13H2,1-3H3,(H,23,26)/t17-/m0/s1. The van der Waals surface area contributed by atoms with E-state index in [1.807, 2.05) is 48.5 Å². The monoisotopic (exact) mass is 430 g/mol. The molecule has 0 bridgehead atoms.